The van der Waals surface area contributed by atoms with Gasteiger partial charge in [-0.15, -0.1) is 0 Å². The fraction of sp³-hybridized carbons (Fsp3) is 0.391. The number of anilines is 2. The first-order valence-corrected chi connectivity index (χ1v) is 12.0. The van der Waals surface area contributed by atoms with E-state index in [1.807, 2.05) is 31.2 Å². The molecule has 0 radical (unpaired) electrons. The Morgan fingerprint density at radius 3 is 2.42 bits per heavy atom. The van der Waals surface area contributed by atoms with Crippen LogP contribution in [0.5, 0.6) is 0 Å². The van der Waals surface area contributed by atoms with Crippen LogP contribution in [0.3, 0.4) is 0 Å². The van der Waals surface area contributed by atoms with Gasteiger partial charge in [0.25, 0.3) is 0 Å². The van der Waals surface area contributed by atoms with Crippen molar-refractivity contribution in [3.05, 3.63) is 53.6 Å². The molecule has 0 aliphatic carbocycles. The largest absolute Gasteiger partial charge is 0.324 e. The average Bonchev–Trinajstić information content (AvgIpc) is 3.15. The van der Waals surface area contributed by atoms with Crippen molar-refractivity contribution in [2.45, 2.75) is 50.5 Å². The van der Waals surface area contributed by atoms with Crippen LogP contribution >= 0.6 is 0 Å². The second-order valence-electron chi connectivity index (χ2n) is 8.17. The van der Waals surface area contributed by atoms with E-state index in [-0.39, 0.29) is 23.1 Å². The molecule has 2 aliphatic heterocycles. The predicted molar refractivity (Wildman–Crippen MR) is 120 cm³/mol. The molecule has 2 aromatic rings. The third-order valence-corrected chi connectivity index (χ3v) is 7.93. The van der Waals surface area contributed by atoms with Crippen molar-refractivity contribution in [2.75, 3.05) is 23.3 Å². The number of carbonyl (C=O) groups excluding carboxylic acids is 2. The molecule has 0 aromatic heterocycles. The number of hydrogen-bond donors (Lipinski definition) is 1. The number of amides is 2. The quantitative estimate of drug-likeness (QED) is 0.790. The molecule has 2 heterocycles. The summed E-state index contributed by atoms with van der Waals surface area (Å²) in [6, 6.07) is 11.5. The van der Waals surface area contributed by atoms with E-state index in [1.54, 1.807) is 18.2 Å². The first-order chi connectivity index (χ1) is 14.8. The van der Waals surface area contributed by atoms with Gasteiger partial charge in [0.2, 0.25) is 21.8 Å². The van der Waals surface area contributed by atoms with Crippen molar-refractivity contribution >= 4 is 33.2 Å². The van der Waals surface area contributed by atoms with Gasteiger partial charge in [0.05, 0.1) is 4.90 Å². The number of para-hydroxylation sites is 1. The summed E-state index contributed by atoms with van der Waals surface area (Å²) in [5.41, 5.74) is 2.91. The smallest absolute Gasteiger partial charge is 0.247 e. The minimum absolute atomic E-state index is 0.219. The minimum atomic E-state index is -3.58. The van der Waals surface area contributed by atoms with Gasteiger partial charge in [0.1, 0.15) is 6.04 Å². The topological polar surface area (TPSA) is 86.8 Å². The Morgan fingerprint density at radius 1 is 1.03 bits per heavy atom. The molecule has 4 rings (SSSR count). The van der Waals surface area contributed by atoms with E-state index in [4.69, 9.17) is 0 Å². The summed E-state index contributed by atoms with van der Waals surface area (Å²) in [5.74, 6) is -0.545. The van der Waals surface area contributed by atoms with E-state index in [0.29, 0.717) is 30.0 Å². The van der Waals surface area contributed by atoms with Gasteiger partial charge in [-0.2, -0.15) is 4.31 Å². The molecule has 1 atom stereocenters. The minimum Gasteiger partial charge on any atom is -0.324 e. The lowest BCUT2D eigenvalue weighted by atomic mass is 10.1. The number of rotatable bonds is 4. The fourth-order valence-corrected chi connectivity index (χ4v) is 5.94. The van der Waals surface area contributed by atoms with Crippen LogP contribution in [0.4, 0.5) is 11.4 Å². The zero-order valence-electron chi connectivity index (χ0n) is 17.8. The Balaban J connectivity index is 1.62. The zero-order valence-corrected chi connectivity index (χ0v) is 18.6. The lowest BCUT2D eigenvalue weighted by Gasteiger charge is -2.26. The van der Waals surface area contributed by atoms with Crippen LogP contribution in [0.25, 0.3) is 0 Å². The molecule has 1 fully saturated rings. The zero-order chi connectivity index (χ0) is 22.2. The molecule has 0 bridgehead atoms. The standard InChI is InChI=1S/C23H27N3O4S/c1-16-8-4-5-9-20(16)24-23(28)22-15-18-14-19(10-11-21(18)26(22)17(2)27)31(29,30)25-12-6-3-7-13-25/h4-5,8-11,14,22H,3,6-7,12-13,15H2,1-2H3,(H,24,28)/t22-/m1/s1. The maximum absolute atomic E-state index is 13.1. The van der Waals surface area contributed by atoms with Crippen molar-refractivity contribution in [1.29, 1.82) is 0 Å². The molecule has 0 saturated carbocycles. The van der Waals surface area contributed by atoms with Crippen molar-refractivity contribution in [3.8, 4) is 0 Å². The van der Waals surface area contributed by atoms with Gasteiger partial charge >= 0.3 is 0 Å². The lowest BCUT2D eigenvalue weighted by Crippen LogP contribution is -2.44. The summed E-state index contributed by atoms with van der Waals surface area (Å²) in [7, 11) is -3.58. The molecule has 1 N–H and O–H groups in total. The maximum Gasteiger partial charge on any atom is 0.247 e. The molecule has 2 aromatic carbocycles. The molecule has 31 heavy (non-hydrogen) atoms. The molecule has 2 amide bonds. The molecule has 7 nitrogen and oxygen atoms in total. The molecule has 0 spiro atoms. The van der Waals surface area contributed by atoms with Crippen LogP contribution in [0.15, 0.2) is 47.4 Å². The van der Waals surface area contributed by atoms with Crippen LogP contribution in [0.1, 0.15) is 37.3 Å². The number of nitrogens with one attached hydrogen (secondary N) is 1. The van der Waals surface area contributed by atoms with E-state index in [0.717, 1.165) is 24.8 Å². The number of carbonyl (C=O) groups is 2. The lowest BCUT2D eigenvalue weighted by molar-refractivity contribution is -0.122. The molecular formula is C23H27N3O4S. The van der Waals surface area contributed by atoms with E-state index in [1.165, 1.54) is 16.1 Å². The van der Waals surface area contributed by atoms with Crippen molar-refractivity contribution in [3.63, 3.8) is 0 Å². The van der Waals surface area contributed by atoms with Crippen LogP contribution in [-0.2, 0) is 26.0 Å². The molecule has 2 aliphatic rings. The Bertz CT molecular complexity index is 1120. The number of fused-ring (bicyclic) bond motifs is 1. The first-order valence-electron chi connectivity index (χ1n) is 10.6. The number of sulfonamides is 1. The molecule has 1 saturated heterocycles. The number of hydrogen-bond acceptors (Lipinski definition) is 4. The third kappa shape index (κ3) is 4.09. The number of aryl methyl sites for hydroxylation is 1. The van der Waals surface area contributed by atoms with E-state index < -0.39 is 16.1 Å². The van der Waals surface area contributed by atoms with Crippen LogP contribution < -0.4 is 10.2 Å². The highest BCUT2D eigenvalue weighted by Gasteiger charge is 2.38. The second kappa shape index (κ2) is 8.43. The number of piperidine rings is 1. The predicted octanol–water partition coefficient (Wildman–Crippen LogP) is 3.09. The highest BCUT2D eigenvalue weighted by Crippen LogP contribution is 2.35. The fourth-order valence-electron chi connectivity index (χ4n) is 4.37. The molecule has 0 unspecified atom stereocenters. The molecule has 8 heteroatoms. The summed E-state index contributed by atoms with van der Waals surface area (Å²) in [5, 5.41) is 2.91. The van der Waals surface area contributed by atoms with Crippen LogP contribution in [0.2, 0.25) is 0 Å². The first kappa shape index (κ1) is 21.5. The SMILES string of the molecule is CC(=O)N1c2ccc(S(=O)(=O)N3CCCCC3)cc2C[C@@H]1C(=O)Nc1ccccc1C. The van der Waals surface area contributed by atoms with Crippen molar-refractivity contribution < 1.29 is 18.0 Å². The normalized spacial score (nSPS) is 19.2. The second-order valence-corrected chi connectivity index (χ2v) is 10.1. The Kier molecular flexibility index (Phi) is 5.85. The Morgan fingerprint density at radius 2 is 1.74 bits per heavy atom. The monoisotopic (exact) mass is 441 g/mol. The summed E-state index contributed by atoms with van der Waals surface area (Å²) >= 11 is 0. The van der Waals surface area contributed by atoms with Gasteiger partial charge in [-0.1, -0.05) is 24.6 Å². The summed E-state index contributed by atoms with van der Waals surface area (Å²) in [6.07, 6.45) is 3.05. The highest BCUT2D eigenvalue weighted by molar-refractivity contribution is 7.89. The van der Waals surface area contributed by atoms with Gasteiger partial charge in [-0.05, 0) is 55.2 Å². The average molecular weight is 442 g/mol. The van der Waals surface area contributed by atoms with Crippen LogP contribution in [0, 0.1) is 6.92 Å². The number of benzene rings is 2. The third-order valence-electron chi connectivity index (χ3n) is 6.03. The van der Waals surface area contributed by atoms with Crippen LogP contribution in [-0.4, -0.2) is 43.7 Å². The van der Waals surface area contributed by atoms with Gasteiger partial charge in [0, 0.05) is 37.8 Å². The van der Waals surface area contributed by atoms with Crippen molar-refractivity contribution in [1.82, 2.24) is 4.31 Å². The molecule has 164 valence electrons. The van der Waals surface area contributed by atoms with Gasteiger partial charge in [0.15, 0.2) is 0 Å². The maximum atomic E-state index is 13.1. The Labute approximate surface area is 183 Å². The number of nitrogens with zero attached hydrogens (tertiary/aromatic N) is 2. The van der Waals surface area contributed by atoms with E-state index in [2.05, 4.69) is 5.32 Å². The van der Waals surface area contributed by atoms with Gasteiger partial charge < -0.3 is 5.32 Å². The van der Waals surface area contributed by atoms with Crippen molar-refractivity contribution in [2.24, 2.45) is 0 Å². The van der Waals surface area contributed by atoms with E-state index in [9.17, 15) is 18.0 Å². The summed E-state index contributed by atoms with van der Waals surface area (Å²) in [4.78, 5) is 27.1. The van der Waals surface area contributed by atoms with Gasteiger partial charge in [-0.25, -0.2) is 8.42 Å². The highest BCUT2D eigenvalue weighted by atomic mass is 32.2. The van der Waals surface area contributed by atoms with Gasteiger partial charge in [-0.3, -0.25) is 14.5 Å². The summed E-state index contributed by atoms with van der Waals surface area (Å²) in [6.45, 7) is 4.38. The summed E-state index contributed by atoms with van der Waals surface area (Å²) < 4.78 is 27.7. The van der Waals surface area contributed by atoms with E-state index >= 15 is 0 Å². The molecular weight excluding hydrogens is 414 g/mol. The Hall–Kier alpha value is -2.71.